The summed E-state index contributed by atoms with van der Waals surface area (Å²) in [6, 6.07) is 3.84. The molecule has 2 atom stereocenters. The molecule has 2 saturated heterocycles. The Morgan fingerprint density at radius 1 is 1.30 bits per heavy atom. The molecule has 0 aliphatic carbocycles. The number of likely N-dealkylation sites (tertiary alicyclic amines) is 2. The zero-order chi connectivity index (χ0) is 16.0. The van der Waals surface area contributed by atoms with E-state index in [0.717, 1.165) is 43.4 Å². The standard InChI is InChI=1S/C17H22N4OS/c1-12-18-15(11-23-12)10-20-6-13-8-21(9-14(13)7-20)17(22)16-4-3-5-19(16)2/h3-5,11,13-14H,6-10H2,1-2H3/t13-,14+. The molecular weight excluding hydrogens is 308 g/mol. The highest BCUT2D eigenvalue weighted by Gasteiger charge is 2.41. The Bertz CT molecular complexity index is 708. The van der Waals surface area contributed by atoms with Gasteiger partial charge in [0.1, 0.15) is 5.69 Å². The fourth-order valence-electron chi connectivity index (χ4n) is 3.94. The van der Waals surface area contributed by atoms with Crippen molar-refractivity contribution in [1.29, 1.82) is 0 Å². The molecule has 2 aliphatic rings. The van der Waals surface area contributed by atoms with Crippen LogP contribution in [-0.2, 0) is 13.6 Å². The van der Waals surface area contributed by atoms with E-state index in [2.05, 4.69) is 22.2 Å². The van der Waals surface area contributed by atoms with E-state index in [0.29, 0.717) is 11.8 Å². The number of amides is 1. The Labute approximate surface area is 140 Å². The summed E-state index contributed by atoms with van der Waals surface area (Å²) in [5, 5.41) is 3.30. The monoisotopic (exact) mass is 330 g/mol. The number of rotatable bonds is 3. The second-order valence-corrected chi connectivity index (χ2v) is 7.85. The van der Waals surface area contributed by atoms with Crippen molar-refractivity contribution in [2.24, 2.45) is 18.9 Å². The molecule has 0 aromatic carbocycles. The molecule has 4 heterocycles. The van der Waals surface area contributed by atoms with Crippen LogP contribution in [0, 0.1) is 18.8 Å². The predicted molar refractivity (Wildman–Crippen MR) is 90.4 cm³/mol. The molecule has 5 nitrogen and oxygen atoms in total. The van der Waals surface area contributed by atoms with E-state index in [4.69, 9.17) is 0 Å². The van der Waals surface area contributed by atoms with Crippen LogP contribution in [-0.4, -0.2) is 51.4 Å². The topological polar surface area (TPSA) is 41.4 Å². The third kappa shape index (κ3) is 2.81. The zero-order valence-corrected chi connectivity index (χ0v) is 14.4. The van der Waals surface area contributed by atoms with Gasteiger partial charge >= 0.3 is 0 Å². The van der Waals surface area contributed by atoms with E-state index in [9.17, 15) is 4.79 Å². The summed E-state index contributed by atoms with van der Waals surface area (Å²) in [6.45, 7) is 6.95. The van der Waals surface area contributed by atoms with E-state index in [-0.39, 0.29) is 5.91 Å². The molecule has 4 rings (SSSR count). The van der Waals surface area contributed by atoms with E-state index >= 15 is 0 Å². The van der Waals surface area contributed by atoms with Crippen molar-refractivity contribution in [3.8, 4) is 0 Å². The van der Waals surface area contributed by atoms with Crippen LogP contribution in [0.1, 0.15) is 21.2 Å². The molecule has 0 N–H and O–H groups in total. The Balaban J connectivity index is 1.36. The van der Waals surface area contributed by atoms with Crippen molar-refractivity contribution in [3.63, 3.8) is 0 Å². The van der Waals surface area contributed by atoms with Crippen LogP contribution in [0.3, 0.4) is 0 Å². The third-order valence-electron chi connectivity index (χ3n) is 5.06. The molecule has 0 bridgehead atoms. The highest BCUT2D eigenvalue weighted by molar-refractivity contribution is 7.09. The van der Waals surface area contributed by atoms with Gasteiger partial charge in [-0.15, -0.1) is 11.3 Å². The second kappa shape index (κ2) is 5.76. The van der Waals surface area contributed by atoms with Gasteiger partial charge in [-0.2, -0.15) is 0 Å². The van der Waals surface area contributed by atoms with Crippen LogP contribution in [0.5, 0.6) is 0 Å². The molecule has 0 radical (unpaired) electrons. The van der Waals surface area contributed by atoms with Crippen molar-refractivity contribution in [2.45, 2.75) is 13.5 Å². The van der Waals surface area contributed by atoms with Gasteiger partial charge in [0.2, 0.25) is 0 Å². The molecular formula is C17H22N4OS. The molecule has 2 aromatic heterocycles. The number of hydrogen-bond donors (Lipinski definition) is 0. The van der Waals surface area contributed by atoms with Crippen LogP contribution in [0.2, 0.25) is 0 Å². The highest BCUT2D eigenvalue weighted by Crippen LogP contribution is 2.32. The van der Waals surface area contributed by atoms with E-state index < -0.39 is 0 Å². The molecule has 0 saturated carbocycles. The molecule has 122 valence electrons. The van der Waals surface area contributed by atoms with Crippen molar-refractivity contribution in [2.75, 3.05) is 26.2 Å². The Morgan fingerprint density at radius 3 is 2.61 bits per heavy atom. The molecule has 6 heteroatoms. The maximum atomic E-state index is 12.6. The van der Waals surface area contributed by atoms with Gasteiger partial charge in [0.05, 0.1) is 10.7 Å². The van der Waals surface area contributed by atoms with E-state index in [1.54, 1.807) is 11.3 Å². The van der Waals surface area contributed by atoms with Crippen molar-refractivity contribution < 1.29 is 4.79 Å². The minimum absolute atomic E-state index is 0.175. The number of carbonyl (C=O) groups is 1. The lowest BCUT2D eigenvalue weighted by Gasteiger charge is -2.21. The maximum absolute atomic E-state index is 12.6. The summed E-state index contributed by atoms with van der Waals surface area (Å²) in [4.78, 5) is 21.7. The molecule has 2 aromatic rings. The maximum Gasteiger partial charge on any atom is 0.270 e. The minimum Gasteiger partial charge on any atom is -0.347 e. The van der Waals surface area contributed by atoms with Gasteiger partial charge in [-0.05, 0) is 30.9 Å². The summed E-state index contributed by atoms with van der Waals surface area (Å²) in [5.41, 5.74) is 1.98. The fourth-order valence-corrected chi connectivity index (χ4v) is 4.54. The van der Waals surface area contributed by atoms with Crippen molar-refractivity contribution >= 4 is 17.2 Å². The minimum atomic E-state index is 0.175. The molecule has 0 unspecified atom stereocenters. The molecule has 1 amide bonds. The van der Waals surface area contributed by atoms with E-state index in [1.165, 1.54) is 5.69 Å². The number of fused-ring (bicyclic) bond motifs is 1. The van der Waals surface area contributed by atoms with Crippen LogP contribution in [0.25, 0.3) is 0 Å². The van der Waals surface area contributed by atoms with Gasteiger partial charge < -0.3 is 9.47 Å². The lowest BCUT2D eigenvalue weighted by Crippen LogP contribution is -2.34. The van der Waals surface area contributed by atoms with Gasteiger partial charge in [0, 0.05) is 51.3 Å². The molecule has 0 spiro atoms. The fraction of sp³-hybridized carbons (Fsp3) is 0.529. The quantitative estimate of drug-likeness (QED) is 0.864. The van der Waals surface area contributed by atoms with Crippen LogP contribution in [0.15, 0.2) is 23.7 Å². The smallest absolute Gasteiger partial charge is 0.270 e. The van der Waals surface area contributed by atoms with Crippen molar-refractivity contribution in [1.82, 2.24) is 19.4 Å². The van der Waals surface area contributed by atoms with Crippen LogP contribution >= 0.6 is 11.3 Å². The average Bonchev–Trinajstić information content (AvgIpc) is 3.23. The SMILES string of the molecule is Cc1nc(CN2C[C@@H]3CN(C(=O)c4cccn4C)C[C@@H]3C2)cs1. The van der Waals surface area contributed by atoms with E-state index in [1.807, 2.05) is 34.8 Å². The zero-order valence-electron chi connectivity index (χ0n) is 13.6. The summed E-state index contributed by atoms with van der Waals surface area (Å²) < 4.78 is 1.91. The number of nitrogens with zero attached hydrogens (tertiary/aromatic N) is 4. The average molecular weight is 330 g/mol. The third-order valence-corrected chi connectivity index (χ3v) is 5.89. The molecule has 2 aliphatic heterocycles. The van der Waals surface area contributed by atoms with Crippen LogP contribution < -0.4 is 0 Å². The number of aryl methyl sites for hydroxylation is 2. The summed E-state index contributed by atoms with van der Waals surface area (Å²) >= 11 is 1.72. The predicted octanol–water partition coefficient (Wildman–Crippen LogP) is 1.99. The Morgan fingerprint density at radius 2 is 2.04 bits per heavy atom. The first-order chi connectivity index (χ1) is 11.1. The number of hydrogen-bond acceptors (Lipinski definition) is 4. The van der Waals surface area contributed by atoms with Crippen molar-refractivity contribution in [3.05, 3.63) is 40.1 Å². The summed E-state index contributed by atoms with van der Waals surface area (Å²) in [6.07, 6.45) is 1.93. The largest absolute Gasteiger partial charge is 0.347 e. The first-order valence-corrected chi connectivity index (χ1v) is 9.02. The summed E-state index contributed by atoms with van der Waals surface area (Å²) in [5.74, 6) is 1.39. The first kappa shape index (κ1) is 14.9. The first-order valence-electron chi connectivity index (χ1n) is 8.14. The van der Waals surface area contributed by atoms with Gasteiger partial charge in [-0.3, -0.25) is 9.69 Å². The van der Waals surface area contributed by atoms with Gasteiger partial charge in [-0.25, -0.2) is 4.98 Å². The van der Waals surface area contributed by atoms with Gasteiger partial charge in [0.15, 0.2) is 0 Å². The lowest BCUT2D eigenvalue weighted by atomic mass is 10.0. The molecule has 2 fully saturated rings. The summed E-state index contributed by atoms with van der Waals surface area (Å²) in [7, 11) is 1.93. The van der Waals surface area contributed by atoms with Gasteiger partial charge in [0.25, 0.3) is 5.91 Å². The second-order valence-electron chi connectivity index (χ2n) is 6.79. The highest BCUT2D eigenvalue weighted by atomic mass is 32.1. The Kier molecular flexibility index (Phi) is 3.73. The van der Waals surface area contributed by atoms with Gasteiger partial charge in [-0.1, -0.05) is 0 Å². The number of thiazole rings is 1. The lowest BCUT2D eigenvalue weighted by molar-refractivity contribution is 0.0764. The number of carbonyl (C=O) groups excluding carboxylic acids is 1. The Hall–Kier alpha value is -1.66. The normalized spacial score (nSPS) is 24.3. The molecule has 23 heavy (non-hydrogen) atoms. The number of aromatic nitrogens is 2. The van der Waals surface area contributed by atoms with Crippen LogP contribution in [0.4, 0.5) is 0 Å².